The molecule has 0 aliphatic carbocycles. The Kier molecular flexibility index (Phi) is 8.30. The third-order valence-electron chi connectivity index (χ3n) is 5.61. The fourth-order valence-corrected chi connectivity index (χ4v) is 4.37. The molecule has 5 nitrogen and oxygen atoms in total. The average Bonchev–Trinajstić information content (AvgIpc) is 2.74. The molecule has 0 saturated carbocycles. The standard InChI is InChI=1S/C27H31ClF3NO4/c1-14(2)11-32(12-15(3)4)13-20-21(33)8-7-19-23(34)25(26(27(29,30)31)36-24(19)20)35-18-9-16(5)22(28)17(6)10-18/h7-10,14-15,33H,11-13H2,1-6H3. The summed E-state index contributed by atoms with van der Waals surface area (Å²) in [6.07, 6.45) is -5.02. The third kappa shape index (κ3) is 6.16. The molecule has 1 aromatic heterocycles. The van der Waals surface area contributed by atoms with Crippen LogP contribution in [0.4, 0.5) is 13.2 Å². The lowest BCUT2D eigenvalue weighted by Gasteiger charge is -2.26. The van der Waals surface area contributed by atoms with Crippen LogP contribution in [0.25, 0.3) is 11.0 Å². The number of hydrogen-bond acceptors (Lipinski definition) is 5. The molecule has 36 heavy (non-hydrogen) atoms. The lowest BCUT2D eigenvalue weighted by atomic mass is 10.1. The molecule has 0 bridgehead atoms. The van der Waals surface area contributed by atoms with Crippen molar-refractivity contribution in [2.45, 2.75) is 54.3 Å². The Morgan fingerprint density at radius 2 is 1.61 bits per heavy atom. The highest BCUT2D eigenvalue weighted by atomic mass is 35.5. The van der Waals surface area contributed by atoms with Gasteiger partial charge in [0.1, 0.15) is 17.1 Å². The molecular weight excluding hydrogens is 495 g/mol. The Balaban J connectivity index is 2.22. The summed E-state index contributed by atoms with van der Waals surface area (Å²) in [6.45, 7) is 12.9. The maximum atomic E-state index is 14.1. The van der Waals surface area contributed by atoms with Crippen LogP contribution in [0.15, 0.2) is 33.5 Å². The molecule has 0 saturated heterocycles. The van der Waals surface area contributed by atoms with Crippen molar-refractivity contribution >= 4 is 22.6 Å². The number of fused-ring (bicyclic) bond motifs is 1. The van der Waals surface area contributed by atoms with Crippen LogP contribution in [-0.2, 0) is 12.7 Å². The van der Waals surface area contributed by atoms with E-state index < -0.39 is 23.1 Å². The second-order valence-corrected chi connectivity index (χ2v) is 10.4. The Morgan fingerprint density at radius 3 is 2.11 bits per heavy atom. The van der Waals surface area contributed by atoms with Crippen molar-refractivity contribution in [2.24, 2.45) is 11.8 Å². The average molecular weight is 526 g/mol. The zero-order chi connectivity index (χ0) is 26.9. The number of alkyl halides is 3. The van der Waals surface area contributed by atoms with Crippen LogP contribution >= 0.6 is 11.6 Å². The van der Waals surface area contributed by atoms with Gasteiger partial charge >= 0.3 is 6.18 Å². The van der Waals surface area contributed by atoms with Crippen LogP contribution in [0.2, 0.25) is 5.02 Å². The first-order valence-corrected chi connectivity index (χ1v) is 12.1. The molecular formula is C27H31ClF3NO4. The van der Waals surface area contributed by atoms with E-state index in [1.165, 1.54) is 24.3 Å². The second kappa shape index (κ2) is 10.7. The van der Waals surface area contributed by atoms with Crippen molar-refractivity contribution in [3.63, 3.8) is 0 Å². The summed E-state index contributed by atoms with van der Waals surface area (Å²) in [4.78, 5) is 15.4. The number of benzene rings is 2. The zero-order valence-corrected chi connectivity index (χ0v) is 22.0. The molecule has 0 aliphatic rings. The fraction of sp³-hybridized carbons (Fsp3) is 0.444. The minimum absolute atomic E-state index is 0.0330. The van der Waals surface area contributed by atoms with Gasteiger partial charge in [-0.1, -0.05) is 39.3 Å². The SMILES string of the molecule is Cc1cc(Oc2c(C(F)(F)F)oc3c(CN(CC(C)C)CC(C)C)c(O)ccc3c2=O)cc(C)c1Cl. The molecule has 0 aliphatic heterocycles. The van der Waals surface area contributed by atoms with E-state index in [2.05, 4.69) is 0 Å². The van der Waals surface area contributed by atoms with Gasteiger partial charge in [-0.3, -0.25) is 9.69 Å². The molecule has 9 heteroatoms. The summed E-state index contributed by atoms with van der Waals surface area (Å²) < 4.78 is 53.2. The lowest BCUT2D eigenvalue weighted by Crippen LogP contribution is -2.31. The molecule has 0 unspecified atom stereocenters. The normalized spacial score (nSPS) is 12.4. The molecule has 0 amide bonds. The zero-order valence-electron chi connectivity index (χ0n) is 21.2. The Bertz CT molecular complexity index is 1280. The molecule has 2 aromatic carbocycles. The predicted octanol–water partition coefficient (Wildman–Crippen LogP) is 7.69. The van der Waals surface area contributed by atoms with Crippen LogP contribution in [0.1, 0.15) is 50.1 Å². The highest BCUT2D eigenvalue weighted by Crippen LogP contribution is 2.40. The van der Waals surface area contributed by atoms with E-state index in [1.807, 2.05) is 32.6 Å². The Labute approximate surface area is 213 Å². The van der Waals surface area contributed by atoms with E-state index in [4.69, 9.17) is 20.8 Å². The van der Waals surface area contributed by atoms with Crippen molar-refractivity contribution in [1.82, 2.24) is 4.90 Å². The summed E-state index contributed by atoms with van der Waals surface area (Å²) >= 11 is 6.16. The number of aromatic hydroxyl groups is 1. The molecule has 3 aromatic rings. The van der Waals surface area contributed by atoms with E-state index in [0.29, 0.717) is 29.2 Å². The lowest BCUT2D eigenvalue weighted by molar-refractivity contribution is -0.154. The van der Waals surface area contributed by atoms with Crippen molar-refractivity contribution in [3.8, 4) is 17.2 Å². The van der Waals surface area contributed by atoms with Crippen molar-refractivity contribution in [2.75, 3.05) is 13.1 Å². The van der Waals surface area contributed by atoms with E-state index >= 15 is 0 Å². The Morgan fingerprint density at radius 1 is 1.06 bits per heavy atom. The smallest absolute Gasteiger partial charge is 0.453 e. The first-order valence-electron chi connectivity index (χ1n) is 11.7. The van der Waals surface area contributed by atoms with Gasteiger partial charge in [-0.2, -0.15) is 13.2 Å². The van der Waals surface area contributed by atoms with Crippen molar-refractivity contribution in [1.29, 1.82) is 0 Å². The van der Waals surface area contributed by atoms with Crippen LogP contribution in [0, 0.1) is 25.7 Å². The minimum Gasteiger partial charge on any atom is -0.507 e. The molecule has 1 heterocycles. The highest BCUT2D eigenvalue weighted by Gasteiger charge is 2.41. The quantitative estimate of drug-likeness (QED) is 0.326. The number of nitrogens with zero attached hydrogens (tertiary/aromatic N) is 1. The van der Waals surface area contributed by atoms with Gasteiger partial charge in [-0.25, -0.2) is 0 Å². The first kappa shape index (κ1) is 27.9. The summed E-state index contributed by atoms with van der Waals surface area (Å²) in [7, 11) is 0. The monoisotopic (exact) mass is 525 g/mol. The molecule has 0 fully saturated rings. The first-order chi connectivity index (χ1) is 16.7. The van der Waals surface area contributed by atoms with Gasteiger partial charge in [0, 0.05) is 24.7 Å². The van der Waals surface area contributed by atoms with E-state index in [1.54, 1.807) is 13.8 Å². The molecule has 1 N–H and O–H groups in total. The van der Waals surface area contributed by atoms with Crippen LogP contribution in [-0.4, -0.2) is 23.1 Å². The van der Waals surface area contributed by atoms with Gasteiger partial charge in [-0.05, 0) is 61.1 Å². The number of ether oxygens (including phenoxy) is 1. The summed E-state index contributed by atoms with van der Waals surface area (Å²) in [5, 5.41) is 10.9. The third-order valence-corrected chi connectivity index (χ3v) is 6.21. The van der Waals surface area contributed by atoms with Gasteiger partial charge in [-0.15, -0.1) is 0 Å². The van der Waals surface area contributed by atoms with Gasteiger partial charge in [0.15, 0.2) is 0 Å². The minimum atomic E-state index is -5.02. The largest absolute Gasteiger partial charge is 0.507 e. The molecule has 0 spiro atoms. The van der Waals surface area contributed by atoms with Crippen LogP contribution in [0.3, 0.4) is 0 Å². The van der Waals surface area contributed by atoms with Crippen molar-refractivity contribution in [3.05, 3.63) is 62.0 Å². The highest BCUT2D eigenvalue weighted by molar-refractivity contribution is 6.32. The second-order valence-electron chi connectivity index (χ2n) is 9.98. The predicted molar refractivity (Wildman–Crippen MR) is 135 cm³/mol. The molecule has 196 valence electrons. The number of halogens is 4. The number of rotatable bonds is 8. The summed E-state index contributed by atoms with van der Waals surface area (Å²) in [6, 6.07) is 5.46. The Hall–Kier alpha value is -2.71. The van der Waals surface area contributed by atoms with Crippen LogP contribution < -0.4 is 10.2 Å². The molecule has 0 radical (unpaired) electrons. The number of phenols is 1. The molecule has 3 rings (SSSR count). The van der Waals surface area contributed by atoms with Crippen molar-refractivity contribution < 1.29 is 27.4 Å². The van der Waals surface area contributed by atoms with Crippen LogP contribution in [0.5, 0.6) is 17.2 Å². The topological polar surface area (TPSA) is 62.9 Å². The van der Waals surface area contributed by atoms with Gasteiger partial charge in [0.2, 0.25) is 11.2 Å². The maximum Gasteiger partial charge on any atom is 0.453 e. The molecule has 0 atom stereocenters. The fourth-order valence-electron chi connectivity index (χ4n) is 4.26. The number of aryl methyl sites for hydroxylation is 2. The number of hydrogen-bond donors (Lipinski definition) is 1. The van der Waals surface area contributed by atoms with Gasteiger partial charge < -0.3 is 14.3 Å². The van der Waals surface area contributed by atoms with Gasteiger partial charge in [0.25, 0.3) is 5.76 Å². The number of phenolic OH excluding ortho intramolecular Hbond substituents is 1. The summed E-state index contributed by atoms with van der Waals surface area (Å²) in [5.74, 6) is -2.17. The van der Waals surface area contributed by atoms with E-state index in [0.717, 1.165) is 0 Å². The summed E-state index contributed by atoms with van der Waals surface area (Å²) in [5.41, 5.74) is 0.0251. The van der Waals surface area contributed by atoms with E-state index in [9.17, 15) is 23.1 Å². The van der Waals surface area contributed by atoms with Gasteiger partial charge in [0.05, 0.1) is 10.9 Å². The maximum absolute atomic E-state index is 14.1. The van der Waals surface area contributed by atoms with E-state index in [-0.39, 0.29) is 46.4 Å².